The number of benzene rings is 2. The maximum absolute atomic E-state index is 12.1. The van der Waals surface area contributed by atoms with Gasteiger partial charge in [-0.1, -0.05) is 24.3 Å². The van der Waals surface area contributed by atoms with E-state index < -0.39 is 30.1 Å². The number of hydrogen-bond donors (Lipinski definition) is 6. The van der Waals surface area contributed by atoms with Crippen LogP contribution in [0.1, 0.15) is 30.4 Å². The molecule has 8 N–H and O–H groups in total. The van der Waals surface area contributed by atoms with E-state index in [2.05, 4.69) is 21.3 Å². The van der Waals surface area contributed by atoms with E-state index in [0.29, 0.717) is 42.6 Å². The highest BCUT2D eigenvalue weighted by atomic mass is 16.7. The van der Waals surface area contributed by atoms with Crippen LogP contribution >= 0.6 is 0 Å². The summed E-state index contributed by atoms with van der Waals surface area (Å²) in [7, 11) is 0. The van der Waals surface area contributed by atoms with Gasteiger partial charge in [-0.2, -0.15) is 0 Å². The SMILES string of the molecule is NC(=O)COCNC(=O)CNC(=O)OCc1ccc(OC(=O)OCc2ccc(NC(=O)CCCCNC(N)=O)cc2)cc1. The van der Waals surface area contributed by atoms with E-state index in [1.807, 2.05) is 0 Å². The van der Waals surface area contributed by atoms with E-state index in [1.54, 1.807) is 36.4 Å². The Morgan fingerprint density at radius 1 is 0.721 bits per heavy atom. The van der Waals surface area contributed by atoms with Crippen molar-refractivity contribution in [1.82, 2.24) is 16.0 Å². The van der Waals surface area contributed by atoms with Gasteiger partial charge in [-0.05, 0) is 48.2 Å². The fraction of sp³-hybridized carbons (Fsp3) is 0.333. The second-order valence-electron chi connectivity index (χ2n) is 8.77. The smallest absolute Gasteiger partial charge is 0.445 e. The summed E-state index contributed by atoms with van der Waals surface area (Å²) >= 11 is 0. The van der Waals surface area contributed by atoms with Crippen LogP contribution in [0.4, 0.5) is 20.1 Å². The molecule has 0 unspecified atom stereocenters. The summed E-state index contributed by atoms with van der Waals surface area (Å²) in [5.41, 5.74) is 11.7. The van der Waals surface area contributed by atoms with E-state index in [4.69, 9.17) is 30.4 Å². The van der Waals surface area contributed by atoms with Crippen molar-refractivity contribution in [1.29, 1.82) is 0 Å². The van der Waals surface area contributed by atoms with Gasteiger partial charge in [0.2, 0.25) is 17.7 Å². The first-order valence-corrected chi connectivity index (χ1v) is 13.0. The molecule has 0 bridgehead atoms. The van der Waals surface area contributed by atoms with Gasteiger partial charge in [-0.15, -0.1) is 0 Å². The van der Waals surface area contributed by atoms with Crippen LogP contribution < -0.4 is 37.5 Å². The number of primary amides is 2. The third-order valence-electron chi connectivity index (χ3n) is 5.23. The molecule has 0 aromatic heterocycles. The summed E-state index contributed by atoms with van der Waals surface area (Å²) in [6.45, 7) is -0.705. The van der Waals surface area contributed by atoms with Crippen LogP contribution in [-0.2, 0) is 41.8 Å². The first kappa shape index (κ1) is 33.8. The summed E-state index contributed by atoms with van der Waals surface area (Å²) in [6, 6.07) is 12.3. The average molecular weight is 603 g/mol. The number of rotatable bonds is 17. The second kappa shape index (κ2) is 18.9. The van der Waals surface area contributed by atoms with Gasteiger partial charge in [-0.25, -0.2) is 14.4 Å². The highest BCUT2D eigenvalue weighted by Gasteiger charge is 2.10. The summed E-state index contributed by atoms with van der Waals surface area (Å²) in [5, 5.41) is 9.78. The number of nitrogens with two attached hydrogens (primary N) is 2. The number of carbonyl (C=O) groups is 6. The van der Waals surface area contributed by atoms with Crippen LogP contribution in [0, 0.1) is 0 Å². The third-order valence-corrected chi connectivity index (χ3v) is 5.23. The fourth-order valence-electron chi connectivity index (χ4n) is 3.15. The molecule has 16 nitrogen and oxygen atoms in total. The van der Waals surface area contributed by atoms with Gasteiger partial charge in [0.15, 0.2) is 0 Å². The number of nitrogens with one attached hydrogen (secondary N) is 4. The molecule has 2 aromatic rings. The lowest BCUT2D eigenvalue weighted by atomic mass is 10.2. The van der Waals surface area contributed by atoms with Crippen molar-refractivity contribution >= 4 is 41.7 Å². The number of unbranched alkanes of at least 4 members (excludes halogenated alkanes) is 1. The van der Waals surface area contributed by atoms with Crippen LogP contribution in [0.3, 0.4) is 0 Å². The number of anilines is 1. The summed E-state index contributed by atoms with van der Waals surface area (Å²) in [4.78, 5) is 68.5. The molecule has 0 heterocycles. The molecule has 232 valence electrons. The normalized spacial score (nSPS) is 10.1. The summed E-state index contributed by atoms with van der Waals surface area (Å²) in [5.74, 6) is -1.20. The summed E-state index contributed by atoms with van der Waals surface area (Å²) in [6.07, 6.45) is -0.248. The minimum atomic E-state index is -0.926. The highest BCUT2D eigenvalue weighted by molar-refractivity contribution is 5.90. The Bertz CT molecular complexity index is 1240. The van der Waals surface area contributed by atoms with Gasteiger partial charge in [-0.3, -0.25) is 14.4 Å². The van der Waals surface area contributed by atoms with Crippen LogP contribution in [0.5, 0.6) is 5.75 Å². The van der Waals surface area contributed by atoms with Crippen molar-refractivity contribution in [3.8, 4) is 5.75 Å². The molecule has 0 spiro atoms. The quantitative estimate of drug-likeness (QED) is 0.0649. The highest BCUT2D eigenvalue weighted by Crippen LogP contribution is 2.15. The Balaban J connectivity index is 1.62. The van der Waals surface area contributed by atoms with Crippen molar-refractivity contribution < 1.29 is 47.7 Å². The molecular weight excluding hydrogens is 568 g/mol. The van der Waals surface area contributed by atoms with Crippen molar-refractivity contribution in [2.45, 2.75) is 32.5 Å². The minimum Gasteiger partial charge on any atom is -0.445 e. The van der Waals surface area contributed by atoms with Crippen LogP contribution in [0.15, 0.2) is 48.5 Å². The molecule has 0 aliphatic rings. The molecule has 0 saturated carbocycles. The molecule has 0 aliphatic heterocycles. The number of alkyl carbamates (subject to hydrolysis) is 1. The molecule has 0 atom stereocenters. The van der Waals surface area contributed by atoms with E-state index in [0.717, 1.165) is 0 Å². The number of amides is 6. The first-order valence-electron chi connectivity index (χ1n) is 13.0. The molecule has 2 aromatic carbocycles. The zero-order chi connectivity index (χ0) is 31.5. The molecule has 0 saturated heterocycles. The van der Waals surface area contributed by atoms with Gasteiger partial charge < -0.3 is 51.7 Å². The van der Waals surface area contributed by atoms with E-state index in [-0.39, 0.29) is 44.8 Å². The average Bonchev–Trinajstić information content (AvgIpc) is 2.97. The number of hydrogen-bond acceptors (Lipinski definition) is 10. The topological polar surface area (TPSA) is 240 Å². The van der Waals surface area contributed by atoms with Crippen molar-refractivity contribution in [2.75, 3.05) is 31.7 Å². The maximum Gasteiger partial charge on any atom is 0.514 e. The molecule has 6 amide bonds. The second-order valence-corrected chi connectivity index (χ2v) is 8.77. The van der Waals surface area contributed by atoms with Gasteiger partial charge in [0, 0.05) is 18.7 Å². The maximum atomic E-state index is 12.1. The standard InChI is InChI=1S/C27H34N6O10/c28-22(34)16-40-17-32-24(36)13-31-26(38)41-14-19-6-10-21(11-7-19)43-27(39)42-15-18-4-8-20(9-5-18)33-23(35)3-1-2-12-30-25(29)37/h4-11H,1-3,12-17H2,(H2,28,34)(H,31,38)(H,32,36)(H,33,35)(H3,29,30,37). The fourth-order valence-corrected chi connectivity index (χ4v) is 3.15. The Labute approximate surface area is 246 Å². The Kier molecular flexibility index (Phi) is 14.8. The van der Waals surface area contributed by atoms with Gasteiger partial charge >= 0.3 is 18.3 Å². The Hall–Kier alpha value is -5.38. The van der Waals surface area contributed by atoms with Gasteiger partial charge in [0.25, 0.3) is 0 Å². The van der Waals surface area contributed by atoms with E-state index in [1.165, 1.54) is 12.1 Å². The third kappa shape index (κ3) is 15.9. The number of urea groups is 1. The van der Waals surface area contributed by atoms with Crippen LogP contribution in [-0.4, -0.2) is 62.4 Å². The predicted molar refractivity (Wildman–Crippen MR) is 150 cm³/mol. The Morgan fingerprint density at radius 2 is 1.37 bits per heavy atom. The van der Waals surface area contributed by atoms with E-state index in [9.17, 15) is 28.8 Å². The number of ether oxygens (including phenoxy) is 4. The van der Waals surface area contributed by atoms with E-state index >= 15 is 0 Å². The molecule has 0 radical (unpaired) electrons. The zero-order valence-electron chi connectivity index (χ0n) is 23.2. The lowest BCUT2D eigenvalue weighted by Crippen LogP contribution is -2.38. The molecule has 43 heavy (non-hydrogen) atoms. The first-order chi connectivity index (χ1) is 20.6. The largest absolute Gasteiger partial charge is 0.514 e. The molecular formula is C27H34N6O10. The van der Waals surface area contributed by atoms with Crippen molar-refractivity contribution in [3.63, 3.8) is 0 Å². The molecule has 2 rings (SSSR count). The molecule has 0 aliphatic carbocycles. The summed E-state index contributed by atoms with van der Waals surface area (Å²) < 4.78 is 20.0. The van der Waals surface area contributed by atoms with Gasteiger partial charge in [0.1, 0.15) is 38.8 Å². The molecule has 0 fully saturated rings. The zero-order valence-corrected chi connectivity index (χ0v) is 23.2. The van der Waals surface area contributed by atoms with Crippen LogP contribution in [0.25, 0.3) is 0 Å². The minimum absolute atomic E-state index is 0.0562. The van der Waals surface area contributed by atoms with Crippen LogP contribution in [0.2, 0.25) is 0 Å². The monoisotopic (exact) mass is 602 g/mol. The van der Waals surface area contributed by atoms with Crippen molar-refractivity contribution in [2.24, 2.45) is 11.5 Å². The predicted octanol–water partition coefficient (Wildman–Crippen LogP) is 0.981. The van der Waals surface area contributed by atoms with Crippen molar-refractivity contribution in [3.05, 3.63) is 59.7 Å². The Morgan fingerprint density at radius 3 is 2.02 bits per heavy atom. The van der Waals surface area contributed by atoms with Gasteiger partial charge in [0.05, 0.1) is 0 Å². The lowest BCUT2D eigenvalue weighted by Gasteiger charge is -2.09. The molecule has 16 heteroatoms. The lowest BCUT2D eigenvalue weighted by molar-refractivity contribution is -0.126. The number of carbonyl (C=O) groups excluding carboxylic acids is 6.